The fourth-order valence-electron chi connectivity index (χ4n) is 3.28. The summed E-state index contributed by atoms with van der Waals surface area (Å²) in [6.07, 6.45) is 2.53. The first-order valence-electron chi connectivity index (χ1n) is 6.39. The third kappa shape index (κ3) is 2.00. The predicted octanol–water partition coefficient (Wildman–Crippen LogP) is 2.82. The van der Waals surface area contributed by atoms with Gasteiger partial charge in [0.15, 0.2) is 0 Å². The lowest BCUT2D eigenvalue weighted by molar-refractivity contribution is 0.255. The molecule has 2 heterocycles. The van der Waals surface area contributed by atoms with Gasteiger partial charge in [-0.05, 0) is 50.1 Å². The molecular weight excluding hydrogens is 276 g/mol. The Hall–Kier alpha value is -0.540. The summed E-state index contributed by atoms with van der Waals surface area (Å²) < 4.78 is 1.22. The number of likely N-dealkylation sites (N-methyl/N-ethyl adjacent to an activating group) is 1. The SMILES string of the molecule is Cc1cc(Br)cc2c1N1CCN(C)CC1CC2. The van der Waals surface area contributed by atoms with E-state index in [1.54, 1.807) is 0 Å². The first-order chi connectivity index (χ1) is 8.15. The highest BCUT2D eigenvalue weighted by atomic mass is 79.9. The summed E-state index contributed by atoms with van der Waals surface area (Å²) in [6.45, 7) is 5.82. The molecular formula is C14H19BrN2. The van der Waals surface area contributed by atoms with Crippen molar-refractivity contribution in [2.24, 2.45) is 0 Å². The van der Waals surface area contributed by atoms with Crippen LogP contribution >= 0.6 is 15.9 Å². The Labute approximate surface area is 112 Å². The molecule has 2 nitrogen and oxygen atoms in total. The maximum Gasteiger partial charge on any atom is 0.0432 e. The number of benzene rings is 1. The molecule has 0 saturated carbocycles. The molecule has 3 rings (SSSR count). The summed E-state index contributed by atoms with van der Waals surface area (Å²) in [4.78, 5) is 5.10. The fraction of sp³-hybridized carbons (Fsp3) is 0.571. The summed E-state index contributed by atoms with van der Waals surface area (Å²) in [5, 5.41) is 0. The number of hydrogen-bond donors (Lipinski definition) is 0. The molecule has 1 saturated heterocycles. The van der Waals surface area contributed by atoms with Gasteiger partial charge in [0.05, 0.1) is 0 Å². The maximum absolute atomic E-state index is 3.61. The minimum absolute atomic E-state index is 0.723. The topological polar surface area (TPSA) is 6.48 Å². The Bertz CT molecular complexity index is 444. The average Bonchev–Trinajstić information content (AvgIpc) is 2.28. The number of nitrogens with zero attached hydrogens (tertiary/aromatic N) is 2. The molecule has 1 aromatic carbocycles. The largest absolute Gasteiger partial charge is 0.366 e. The van der Waals surface area contributed by atoms with Crippen molar-refractivity contribution in [3.05, 3.63) is 27.7 Å². The third-order valence-electron chi connectivity index (χ3n) is 4.06. The lowest BCUT2D eigenvalue weighted by Crippen LogP contribution is -2.54. The van der Waals surface area contributed by atoms with Gasteiger partial charge in [-0.1, -0.05) is 15.9 Å². The quantitative estimate of drug-likeness (QED) is 0.726. The standard InChI is InChI=1S/C14H19BrN2/c1-10-7-12(15)8-11-3-4-13-9-16(2)5-6-17(13)14(10)11/h7-8,13H,3-6,9H2,1-2H3. The Kier molecular flexibility index (Phi) is 2.91. The molecule has 0 radical (unpaired) electrons. The highest BCUT2D eigenvalue weighted by Crippen LogP contribution is 2.37. The number of hydrogen-bond acceptors (Lipinski definition) is 2. The molecule has 0 aromatic heterocycles. The molecule has 0 N–H and O–H groups in total. The predicted molar refractivity (Wildman–Crippen MR) is 75.8 cm³/mol. The molecule has 0 aliphatic carbocycles. The van der Waals surface area contributed by atoms with Gasteiger partial charge in [0.1, 0.15) is 0 Å². The van der Waals surface area contributed by atoms with Crippen molar-refractivity contribution in [1.29, 1.82) is 0 Å². The minimum atomic E-state index is 0.723. The van der Waals surface area contributed by atoms with Crippen LogP contribution in [0, 0.1) is 6.92 Å². The Morgan fingerprint density at radius 2 is 2.12 bits per heavy atom. The van der Waals surface area contributed by atoms with Crippen LogP contribution in [0.4, 0.5) is 5.69 Å². The molecule has 1 fully saturated rings. The molecule has 2 aliphatic rings. The van der Waals surface area contributed by atoms with E-state index >= 15 is 0 Å². The Morgan fingerprint density at radius 3 is 2.94 bits per heavy atom. The second-order valence-electron chi connectivity index (χ2n) is 5.38. The second-order valence-corrected chi connectivity index (χ2v) is 6.29. The normalized spacial score (nSPS) is 24.4. The molecule has 0 bridgehead atoms. The van der Waals surface area contributed by atoms with E-state index in [2.05, 4.69) is 51.8 Å². The van der Waals surface area contributed by atoms with Crippen LogP contribution < -0.4 is 4.90 Å². The van der Waals surface area contributed by atoms with E-state index in [1.807, 2.05) is 0 Å². The number of anilines is 1. The number of aryl methyl sites for hydroxylation is 2. The van der Waals surface area contributed by atoms with Crippen molar-refractivity contribution < 1.29 is 0 Å². The van der Waals surface area contributed by atoms with Crippen molar-refractivity contribution in [3.8, 4) is 0 Å². The van der Waals surface area contributed by atoms with Gasteiger partial charge in [-0.2, -0.15) is 0 Å². The van der Waals surface area contributed by atoms with E-state index in [4.69, 9.17) is 0 Å². The van der Waals surface area contributed by atoms with Crippen LogP contribution in [-0.2, 0) is 6.42 Å². The van der Waals surface area contributed by atoms with Crippen molar-refractivity contribution >= 4 is 21.6 Å². The Balaban J connectivity index is 2.01. The van der Waals surface area contributed by atoms with E-state index in [9.17, 15) is 0 Å². The summed E-state index contributed by atoms with van der Waals surface area (Å²) in [7, 11) is 2.24. The van der Waals surface area contributed by atoms with Gasteiger partial charge in [0.25, 0.3) is 0 Å². The van der Waals surface area contributed by atoms with Crippen LogP contribution in [0.25, 0.3) is 0 Å². The fourth-order valence-corrected chi connectivity index (χ4v) is 3.90. The summed E-state index contributed by atoms with van der Waals surface area (Å²) in [5.74, 6) is 0. The molecule has 17 heavy (non-hydrogen) atoms. The first kappa shape index (κ1) is 11.5. The van der Waals surface area contributed by atoms with Crippen LogP contribution in [0.5, 0.6) is 0 Å². The smallest absolute Gasteiger partial charge is 0.0432 e. The van der Waals surface area contributed by atoms with E-state index in [0.29, 0.717) is 0 Å². The number of piperazine rings is 1. The van der Waals surface area contributed by atoms with Gasteiger partial charge in [-0.15, -0.1) is 0 Å². The zero-order valence-corrected chi connectivity index (χ0v) is 12.1. The lowest BCUT2D eigenvalue weighted by Gasteiger charge is -2.46. The zero-order valence-electron chi connectivity index (χ0n) is 10.5. The van der Waals surface area contributed by atoms with Crippen LogP contribution in [0.1, 0.15) is 17.5 Å². The Morgan fingerprint density at radius 1 is 1.29 bits per heavy atom. The molecule has 0 spiro atoms. The molecule has 1 aromatic rings. The highest BCUT2D eigenvalue weighted by molar-refractivity contribution is 9.10. The maximum atomic E-state index is 3.61. The van der Waals surface area contributed by atoms with Crippen LogP contribution in [0.3, 0.4) is 0 Å². The van der Waals surface area contributed by atoms with Crippen LogP contribution in [0.15, 0.2) is 16.6 Å². The van der Waals surface area contributed by atoms with Crippen molar-refractivity contribution in [3.63, 3.8) is 0 Å². The van der Waals surface area contributed by atoms with Gasteiger partial charge >= 0.3 is 0 Å². The van der Waals surface area contributed by atoms with E-state index in [0.717, 1.165) is 6.04 Å². The number of rotatable bonds is 0. The highest BCUT2D eigenvalue weighted by Gasteiger charge is 2.31. The number of halogens is 1. The minimum Gasteiger partial charge on any atom is -0.366 e. The molecule has 0 amide bonds. The molecule has 92 valence electrons. The van der Waals surface area contributed by atoms with Gasteiger partial charge < -0.3 is 9.80 Å². The summed E-state index contributed by atoms with van der Waals surface area (Å²) >= 11 is 3.61. The molecule has 1 atom stereocenters. The van der Waals surface area contributed by atoms with Crippen molar-refractivity contribution in [1.82, 2.24) is 4.90 Å². The van der Waals surface area contributed by atoms with Gasteiger partial charge in [0.2, 0.25) is 0 Å². The van der Waals surface area contributed by atoms with Crippen molar-refractivity contribution in [2.75, 3.05) is 31.6 Å². The van der Waals surface area contributed by atoms with Gasteiger partial charge in [-0.25, -0.2) is 0 Å². The average molecular weight is 295 g/mol. The van der Waals surface area contributed by atoms with Crippen LogP contribution in [0.2, 0.25) is 0 Å². The second kappa shape index (κ2) is 4.29. The third-order valence-corrected chi connectivity index (χ3v) is 4.52. The first-order valence-corrected chi connectivity index (χ1v) is 7.18. The number of fused-ring (bicyclic) bond motifs is 3. The zero-order chi connectivity index (χ0) is 12.0. The monoisotopic (exact) mass is 294 g/mol. The van der Waals surface area contributed by atoms with E-state index in [1.165, 1.54) is 53.8 Å². The van der Waals surface area contributed by atoms with Crippen LogP contribution in [-0.4, -0.2) is 37.6 Å². The van der Waals surface area contributed by atoms with Gasteiger partial charge in [0, 0.05) is 35.8 Å². The van der Waals surface area contributed by atoms with Gasteiger partial charge in [-0.3, -0.25) is 0 Å². The van der Waals surface area contributed by atoms with Crippen molar-refractivity contribution in [2.45, 2.75) is 25.8 Å². The lowest BCUT2D eigenvalue weighted by atomic mass is 9.92. The van der Waals surface area contributed by atoms with E-state index < -0.39 is 0 Å². The summed E-state index contributed by atoms with van der Waals surface area (Å²) in [5.41, 5.74) is 4.46. The molecule has 3 heteroatoms. The van der Waals surface area contributed by atoms with E-state index in [-0.39, 0.29) is 0 Å². The molecule has 2 aliphatic heterocycles. The summed E-state index contributed by atoms with van der Waals surface area (Å²) in [6, 6.07) is 5.28. The molecule has 1 unspecified atom stereocenters.